The highest BCUT2D eigenvalue weighted by molar-refractivity contribution is 6.06. The molecule has 0 radical (unpaired) electrons. The van der Waals surface area contributed by atoms with Crippen molar-refractivity contribution >= 4 is 40.3 Å². The fourth-order valence-corrected chi connectivity index (χ4v) is 3.76. The molecule has 4 rings (SSSR count). The molecule has 3 aromatic carbocycles. The number of nitrogens with zero attached hydrogens (tertiary/aromatic N) is 3. The van der Waals surface area contributed by atoms with Crippen LogP contribution in [0.1, 0.15) is 29.8 Å². The monoisotopic (exact) mass is 471 g/mol. The van der Waals surface area contributed by atoms with Crippen molar-refractivity contribution in [1.29, 1.82) is 0 Å². The number of benzene rings is 3. The van der Waals surface area contributed by atoms with E-state index in [1.807, 2.05) is 61.5 Å². The number of anilines is 3. The van der Waals surface area contributed by atoms with Crippen LogP contribution in [0.3, 0.4) is 0 Å². The van der Waals surface area contributed by atoms with Crippen LogP contribution in [0, 0.1) is 6.92 Å². The molecule has 0 atom stereocenters. The fraction of sp³-hybridized carbons (Fsp3) is 0.222. The molecule has 0 aliphatic carbocycles. The van der Waals surface area contributed by atoms with Crippen LogP contribution >= 0.6 is 0 Å². The third-order valence-electron chi connectivity index (χ3n) is 5.52. The molecule has 35 heavy (non-hydrogen) atoms. The Balaban J connectivity index is 1.64. The van der Waals surface area contributed by atoms with Gasteiger partial charge in [0, 0.05) is 24.0 Å². The van der Waals surface area contributed by atoms with Gasteiger partial charge in [-0.15, -0.1) is 0 Å². The summed E-state index contributed by atoms with van der Waals surface area (Å²) < 4.78 is 1.76. The van der Waals surface area contributed by atoms with Gasteiger partial charge in [-0.3, -0.25) is 10.1 Å². The Kier molecular flexibility index (Phi) is 6.57. The molecule has 3 N–H and O–H groups in total. The summed E-state index contributed by atoms with van der Waals surface area (Å²) in [7, 11) is 1.71. The molecular weight excluding hydrogens is 442 g/mol. The van der Waals surface area contributed by atoms with Crippen molar-refractivity contribution < 1.29 is 14.7 Å². The predicted molar refractivity (Wildman–Crippen MR) is 139 cm³/mol. The van der Waals surface area contributed by atoms with Crippen molar-refractivity contribution in [3.63, 3.8) is 0 Å². The summed E-state index contributed by atoms with van der Waals surface area (Å²) in [6.45, 7) is 5.56. The van der Waals surface area contributed by atoms with Crippen molar-refractivity contribution in [3.05, 3.63) is 83.9 Å². The van der Waals surface area contributed by atoms with Gasteiger partial charge in [-0.25, -0.2) is 9.78 Å². The smallest absolute Gasteiger partial charge is 0.326 e. The van der Waals surface area contributed by atoms with E-state index in [0.717, 1.165) is 11.1 Å². The van der Waals surface area contributed by atoms with Crippen molar-refractivity contribution in [3.8, 4) is 0 Å². The molecule has 0 saturated carbocycles. The zero-order chi connectivity index (χ0) is 25.2. The van der Waals surface area contributed by atoms with E-state index in [9.17, 15) is 14.7 Å². The maximum atomic E-state index is 12.9. The van der Waals surface area contributed by atoms with Gasteiger partial charge >= 0.3 is 6.03 Å². The molecule has 0 fully saturated rings. The third kappa shape index (κ3) is 5.67. The number of carbonyl (C=O) groups is 2. The summed E-state index contributed by atoms with van der Waals surface area (Å²) in [5, 5.41) is 16.1. The first-order valence-electron chi connectivity index (χ1n) is 11.3. The normalized spacial score (nSPS) is 11.3. The van der Waals surface area contributed by atoms with E-state index in [1.54, 1.807) is 48.6 Å². The SMILES string of the molecule is Cc1ccc(NC(=O)Nc2nc3cc(N(C)C(=O)c4ccccc4)ccc3n2CC(C)(C)O)cc1. The number of amides is 3. The van der Waals surface area contributed by atoms with Gasteiger partial charge in [0.05, 0.1) is 23.2 Å². The first kappa shape index (κ1) is 24.0. The highest BCUT2D eigenvalue weighted by atomic mass is 16.3. The van der Waals surface area contributed by atoms with E-state index < -0.39 is 11.6 Å². The number of aryl methyl sites for hydroxylation is 1. The minimum Gasteiger partial charge on any atom is -0.389 e. The molecule has 0 aliphatic heterocycles. The highest BCUT2D eigenvalue weighted by Crippen LogP contribution is 2.27. The topological polar surface area (TPSA) is 99.5 Å². The van der Waals surface area contributed by atoms with Crippen LogP contribution in [0.5, 0.6) is 0 Å². The summed E-state index contributed by atoms with van der Waals surface area (Å²) >= 11 is 0. The van der Waals surface area contributed by atoms with Gasteiger partial charge in [-0.05, 0) is 63.2 Å². The average molecular weight is 472 g/mol. The van der Waals surface area contributed by atoms with Crippen LogP contribution in [0.25, 0.3) is 11.0 Å². The maximum Gasteiger partial charge on any atom is 0.326 e. The van der Waals surface area contributed by atoms with Gasteiger partial charge in [-0.2, -0.15) is 0 Å². The Morgan fingerprint density at radius 1 is 1.00 bits per heavy atom. The summed E-state index contributed by atoms with van der Waals surface area (Å²) in [6.07, 6.45) is 0. The predicted octanol–water partition coefficient (Wildman–Crippen LogP) is 5.04. The Labute approximate surface area is 204 Å². The van der Waals surface area contributed by atoms with Gasteiger partial charge < -0.3 is 19.9 Å². The van der Waals surface area contributed by atoms with Crippen LogP contribution in [-0.2, 0) is 6.54 Å². The van der Waals surface area contributed by atoms with Crippen LogP contribution < -0.4 is 15.5 Å². The van der Waals surface area contributed by atoms with E-state index in [-0.39, 0.29) is 12.5 Å². The lowest BCUT2D eigenvalue weighted by Gasteiger charge is -2.21. The van der Waals surface area contributed by atoms with Crippen molar-refractivity contribution in [1.82, 2.24) is 9.55 Å². The van der Waals surface area contributed by atoms with Gasteiger partial charge in [0.15, 0.2) is 0 Å². The second-order valence-corrected chi connectivity index (χ2v) is 9.18. The van der Waals surface area contributed by atoms with E-state index >= 15 is 0 Å². The number of rotatable bonds is 6. The molecular formula is C27H29N5O3. The number of carbonyl (C=O) groups excluding carboxylic acids is 2. The van der Waals surface area contributed by atoms with Crippen molar-refractivity contribution in [2.75, 3.05) is 22.6 Å². The van der Waals surface area contributed by atoms with Crippen LogP contribution in [0.2, 0.25) is 0 Å². The summed E-state index contributed by atoms with van der Waals surface area (Å²) in [6, 6.07) is 21.5. The minimum absolute atomic E-state index is 0.142. The van der Waals surface area contributed by atoms with Gasteiger partial charge in [0.1, 0.15) is 0 Å². The van der Waals surface area contributed by atoms with Crippen molar-refractivity contribution in [2.24, 2.45) is 0 Å². The molecule has 0 saturated heterocycles. The standard InChI is InChI=1S/C27H29N5O3/c1-18-10-12-20(13-11-18)28-26(34)30-25-29-22-16-21(14-15-23(22)32(25)17-27(2,3)35)31(4)24(33)19-8-6-5-7-9-19/h5-16,35H,17H2,1-4H3,(H2,28,29,30,34). The first-order valence-corrected chi connectivity index (χ1v) is 11.3. The van der Waals surface area contributed by atoms with Gasteiger partial charge in [0.2, 0.25) is 5.95 Å². The lowest BCUT2D eigenvalue weighted by molar-refractivity contribution is 0.0632. The first-order chi connectivity index (χ1) is 16.6. The zero-order valence-electron chi connectivity index (χ0n) is 20.2. The average Bonchev–Trinajstić information content (AvgIpc) is 3.14. The molecule has 8 nitrogen and oxygen atoms in total. The number of urea groups is 1. The number of hydrogen-bond acceptors (Lipinski definition) is 4. The second-order valence-electron chi connectivity index (χ2n) is 9.18. The number of aromatic nitrogens is 2. The summed E-state index contributed by atoms with van der Waals surface area (Å²) in [5.74, 6) is 0.151. The Hall–Kier alpha value is -4.17. The van der Waals surface area contributed by atoms with Crippen LogP contribution in [-0.4, -0.2) is 39.2 Å². The van der Waals surface area contributed by atoms with Crippen LogP contribution in [0.4, 0.5) is 22.1 Å². The molecule has 1 heterocycles. The Morgan fingerprint density at radius 3 is 2.34 bits per heavy atom. The lowest BCUT2D eigenvalue weighted by atomic mass is 10.1. The maximum absolute atomic E-state index is 12.9. The molecule has 0 aliphatic rings. The molecule has 8 heteroatoms. The van der Waals surface area contributed by atoms with Crippen LogP contribution in [0.15, 0.2) is 72.8 Å². The van der Waals surface area contributed by atoms with Gasteiger partial charge in [0.25, 0.3) is 5.91 Å². The number of hydrogen-bond donors (Lipinski definition) is 3. The Morgan fingerprint density at radius 2 is 1.69 bits per heavy atom. The Bertz CT molecular complexity index is 1360. The quantitative estimate of drug-likeness (QED) is 0.367. The number of nitrogens with one attached hydrogen (secondary N) is 2. The molecule has 1 aromatic heterocycles. The fourth-order valence-electron chi connectivity index (χ4n) is 3.76. The van der Waals surface area contributed by atoms with E-state index in [0.29, 0.717) is 28.4 Å². The molecule has 0 unspecified atom stereocenters. The molecule has 180 valence electrons. The highest BCUT2D eigenvalue weighted by Gasteiger charge is 2.22. The molecule has 0 bridgehead atoms. The second kappa shape index (κ2) is 9.60. The number of fused-ring (bicyclic) bond motifs is 1. The van der Waals surface area contributed by atoms with Crippen molar-refractivity contribution in [2.45, 2.75) is 32.9 Å². The largest absolute Gasteiger partial charge is 0.389 e. The lowest BCUT2D eigenvalue weighted by Crippen LogP contribution is -2.28. The summed E-state index contributed by atoms with van der Waals surface area (Å²) in [5.41, 5.74) is 3.26. The van der Waals surface area contributed by atoms with Gasteiger partial charge in [-0.1, -0.05) is 35.9 Å². The third-order valence-corrected chi connectivity index (χ3v) is 5.52. The molecule has 3 amide bonds. The summed E-state index contributed by atoms with van der Waals surface area (Å²) in [4.78, 5) is 31.7. The minimum atomic E-state index is -1.05. The zero-order valence-corrected chi connectivity index (χ0v) is 20.2. The molecule has 4 aromatic rings. The van der Waals surface area contributed by atoms with E-state index in [1.165, 1.54) is 0 Å². The number of aliphatic hydroxyl groups is 1. The van der Waals surface area contributed by atoms with E-state index in [4.69, 9.17) is 0 Å². The molecule has 0 spiro atoms. The van der Waals surface area contributed by atoms with E-state index in [2.05, 4.69) is 15.6 Å². The number of imidazole rings is 1.